The molecule has 4 N–H and O–H groups in total. The number of benzene rings is 1. The summed E-state index contributed by atoms with van der Waals surface area (Å²) in [7, 11) is 0. The molecule has 0 aliphatic carbocycles. The fourth-order valence-corrected chi connectivity index (χ4v) is 4.48. The molecule has 0 spiro atoms. The third kappa shape index (κ3) is 5.99. The lowest BCUT2D eigenvalue weighted by Gasteiger charge is -2.24. The fraction of sp³-hybridized carbons (Fsp3) is 0.417. The highest BCUT2D eigenvalue weighted by atomic mass is 32.2. The van der Waals surface area contributed by atoms with Crippen molar-refractivity contribution in [3.05, 3.63) is 68.1 Å². The summed E-state index contributed by atoms with van der Waals surface area (Å²) in [5, 5.41) is 0.644. The molecule has 3 rings (SSSR count). The molecule has 0 unspecified atom stereocenters. The molecule has 0 saturated heterocycles. The van der Waals surface area contributed by atoms with Crippen molar-refractivity contribution in [2.24, 2.45) is 0 Å². The van der Waals surface area contributed by atoms with Gasteiger partial charge in [0.15, 0.2) is 10.8 Å². The Balaban J connectivity index is 1.80. The highest BCUT2D eigenvalue weighted by molar-refractivity contribution is 7.99. The molecule has 9 nitrogen and oxygen atoms in total. The van der Waals surface area contributed by atoms with Gasteiger partial charge in [-0.15, -0.1) is 0 Å². The van der Waals surface area contributed by atoms with E-state index in [1.165, 1.54) is 21.2 Å². The van der Waals surface area contributed by atoms with Gasteiger partial charge in [0.1, 0.15) is 5.82 Å². The first-order valence-electron chi connectivity index (χ1n) is 11.5. The summed E-state index contributed by atoms with van der Waals surface area (Å²) in [5.74, 6) is -0.173. The number of imidazole rings is 1. The molecule has 0 fully saturated rings. The number of aromatic amines is 2. The Morgan fingerprint density at radius 2 is 1.88 bits per heavy atom. The molecule has 0 aliphatic heterocycles. The van der Waals surface area contributed by atoms with Crippen LogP contribution in [0.15, 0.2) is 45.1 Å². The maximum absolute atomic E-state index is 13.2. The fourth-order valence-electron chi connectivity index (χ4n) is 3.67. The van der Waals surface area contributed by atoms with Crippen LogP contribution in [0.5, 0.6) is 0 Å². The van der Waals surface area contributed by atoms with Crippen LogP contribution in [-0.2, 0) is 17.8 Å². The zero-order valence-corrected chi connectivity index (χ0v) is 20.7. The van der Waals surface area contributed by atoms with Gasteiger partial charge in [-0.1, -0.05) is 62.4 Å². The number of nitrogens with one attached hydrogen (secondary N) is 2. The van der Waals surface area contributed by atoms with Crippen molar-refractivity contribution in [1.29, 1.82) is 0 Å². The zero-order chi connectivity index (χ0) is 24.7. The third-order valence-corrected chi connectivity index (χ3v) is 6.34. The predicted octanol–water partition coefficient (Wildman–Crippen LogP) is 3.08. The first-order valence-corrected chi connectivity index (χ1v) is 12.5. The first kappa shape index (κ1) is 25.4. The number of nitrogens with two attached hydrogens (primary N) is 1. The van der Waals surface area contributed by atoms with Gasteiger partial charge in [-0.2, -0.15) is 0 Å². The average molecular weight is 485 g/mol. The van der Waals surface area contributed by atoms with E-state index >= 15 is 0 Å². The summed E-state index contributed by atoms with van der Waals surface area (Å²) < 4.78 is 1.31. The van der Waals surface area contributed by atoms with Crippen LogP contribution in [0.4, 0.5) is 11.5 Å². The van der Waals surface area contributed by atoms with Crippen molar-refractivity contribution in [3.63, 3.8) is 0 Å². The maximum atomic E-state index is 13.2. The van der Waals surface area contributed by atoms with Crippen LogP contribution in [-0.4, -0.2) is 37.7 Å². The second-order valence-electron chi connectivity index (χ2n) is 8.11. The zero-order valence-electron chi connectivity index (χ0n) is 19.9. The summed E-state index contributed by atoms with van der Waals surface area (Å²) in [5.41, 5.74) is 8.07. The number of unbranched alkanes of at least 4 members (excludes halogenated alkanes) is 1. The van der Waals surface area contributed by atoms with E-state index in [4.69, 9.17) is 5.73 Å². The molecule has 3 aromatic rings. The Labute approximate surface area is 202 Å². The second kappa shape index (κ2) is 11.7. The van der Waals surface area contributed by atoms with Gasteiger partial charge in [-0.25, -0.2) is 9.78 Å². The third-order valence-electron chi connectivity index (χ3n) is 5.48. The van der Waals surface area contributed by atoms with E-state index in [9.17, 15) is 14.4 Å². The topological polar surface area (TPSA) is 130 Å². The van der Waals surface area contributed by atoms with Crippen LogP contribution >= 0.6 is 11.8 Å². The van der Waals surface area contributed by atoms with Gasteiger partial charge in [0.25, 0.3) is 5.56 Å². The Bertz CT molecular complexity index is 1230. The predicted molar refractivity (Wildman–Crippen MR) is 137 cm³/mol. The number of hydrogen-bond acceptors (Lipinski definition) is 6. The van der Waals surface area contributed by atoms with Gasteiger partial charge in [0.2, 0.25) is 5.91 Å². The van der Waals surface area contributed by atoms with Crippen molar-refractivity contribution < 1.29 is 4.79 Å². The van der Waals surface area contributed by atoms with E-state index in [1.54, 1.807) is 0 Å². The van der Waals surface area contributed by atoms with Crippen molar-refractivity contribution in [2.45, 2.75) is 58.2 Å². The molecule has 34 heavy (non-hydrogen) atoms. The molecule has 0 atom stereocenters. The molecule has 2 heterocycles. The number of aryl methyl sites for hydroxylation is 1. The van der Waals surface area contributed by atoms with Gasteiger partial charge < -0.3 is 15.6 Å². The molecule has 0 bridgehead atoms. The first-order chi connectivity index (χ1) is 16.3. The summed E-state index contributed by atoms with van der Waals surface area (Å²) in [4.78, 5) is 49.7. The molecule has 10 heteroatoms. The van der Waals surface area contributed by atoms with E-state index < -0.39 is 11.2 Å². The Morgan fingerprint density at radius 1 is 1.15 bits per heavy atom. The number of carbonyl (C=O) groups is 1. The van der Waals surface area contributed by atoms with Gasteiger partial charge >= 0.3 is 5.69 Å². The minimum Gasteiger partial charge on any atom is -0.383 e. The lowest BCUT2D eigenvalue weighted by molar-refractivity contribution is -0.116. The summed E-state index contributed by atoms with van der Waals surface area (Å²) in [6, 6.07) is 10.1. The van der Waals surface area contributed by atoms with Crippen LogP contribution in [0.3, 0.4) is 0 Å². The normalized spacial score (nSPS) is 11.0. The molecular formula is C24H32N6O3S. The number of nitrogens with zero attached hydrogens (tertiary/aromatic N) is 3. The SMILES string of the molecule is CCCCN(C(=O)CSc1nc(Cc2ccccc2)c(C)[nH]1)c1c(N)n(CCC)c(=O)[nH]c1=O. The van der Waals surface area contributed by atoms with Crippen molar-refractivity contribution in [3.8, 4) is 0 Å². The van der Waals surface area contributed by atoms with E-state index in [2.05, 4.69) is 27.1 Å². The number of hydrogen-bond donors (Lipinski definition) is 3. The summed E-state index contributed by atoms with van der Waals surface area (Å²) >= 11 is 1.28. The van der Waals surface area contributed by atoms with Gasteiger partial charge in [0, 0.05) is 25.2 Å². The number of H-pyrrole nitrogens is 2. The largest absolute Gasteiger partial charge is 0.383 e. The monoisotopic (exact) mass is 484 g/mol. The average Bonchev–Trinajstić information content (AvgIpc) is 3.16. The van der Waals surface area contributed by atoms with E-state index in [0.717, 1.165) is 23.4 Å². The minimum atomic E-state index is -0.650. The molecule has 2 aromatic heterocycles. The Morgan fingerprint density at radius 3 is 2.56 bits per heavy atom. The van der Waals surface area contributed by atoms with Crippen LogP contribution in [0.25, 0.3) is 0 Å². The molecule has 0 saturated carbocycles. The van der Waals surface area contributed by atoms with Gasteiger partial charge in [0.05, 0.1) is 11.4 Å². The molecule has 182 valence electrons. The maximum Gasteiger partial charge on any atom is 0.330 e. The van der Waals surface area contributed by atoms with Gasteiger partial charge in [-0.05, 0) is 25.3 Å². The van der Waals surface area contributed by atoms with E-state index in [0.29, 0.717) is 37.5 Å². The van der Waals surface area contributed by atoms with E-state index in [1.807, 2.05) is 39.0 Å². The smallest absolute Gasteiger partial charge is 0.330 e. The van der Waals surface area contributed by atoms with Crippen LogP contribution < -0.4 is 21.9 Å². The number of aromatic nitrogens is 4. The number of amides is 1. The highest BCUT2D eigenvalue weighted by Gasteiger charge is 2.24. The lowest BCUT2D eigenvalue weighted by atomic mass is 10.1. The van der Waals surface area contributed by atoms with Crippen molar-refractivity contribution in [2.75, 3.05) is 22.9 Å². The van der Waals surface area contributed by atoms with Crippen LogP contribution in [0.1, 0.15) is 50.1 Å². The number of anilines is 2. The summed E-state index contributed by atoms with van der Waals surface area (Å²) in [6.45, 7) is 6.56. The van der Waals surface area contributed by atoms with Crippen molar-refractivity contribution in [1.82, 2.24) is 19.5 Å². The number of carbonyl (C=O) groups excluding carboxylic acids is 1. The molecule has 1 amide bonds. The number of nitrogen functional groups attached to an aromatic ring is 1. The number of rotatable bonds is 11. The Kier molecular flexibility index (Phi) is 8.75. The molecular weight excluding hydrogens is 452 g/mol. The van der Waals surface area contributed by atoms with Crippen LogP contribution in [0, 0.1) is 6.92 Å². The van der Waals surface area contributed by atoms with Gasteiger partial charge in [-0.3, -0.25) is 19.1 Å². The summed E-state index contributed by atoms with van der Waals surface area (Å²) in [6.07, 6.45) is 2.90. The van der Waals surface area contributed by atoms with E-state index in [-0.39, 0.29) is 23.2 Å². The standard InChI is InChI=1S/C24H32N6O3S/c1-4-6-13-29(20-21(25)30(12-5-2)24(33)28-22(20)32)19(31)15-34-23-26-16(3)18(27-23)14-17-10-8-7-9-11-17/h7-11H,4-6,12-15,25H2,1-3H3,(H,26,27)(H,28,32,33). The van der Waals surface area contributed by atoms with Crippen molar-refractivity contribution >= 4 is 29.2 Å². The molecule has 1 aromatic carbocycles. The lowest BCUT2D eigenvalue weighted by Crippen LogP contribution is -2.42. The minimum absolute atomic E-state index is 0.0176. The second-order valence-corrected chi connectivity index (χ2v) is 9.07. The quantitative estimate of drug-likeness (QED) is 0.359. The van der Waals surface area contributed by atoms with Crippen LogP contribution in [0.2, 0.25) is 0 Å². The Hall–Kier alpha value is -3.27. The highest BCUT2D eigenvalue weighted by Crippen LogP contribution is 2.23. The molecule has 0 radical (unpaired) electrons. The number of thioether (sulfide) groups is 1. The molecule has 0 aliphatic rings.